The first kappa shape index (κ1) is 17.0. The zero-order valence-corrected chi connectivity index (χ0v) is 15.3. The highest BCUT2D eigenvalue weighted by atomic mass is 32.2. The molecule has 0 bridgehead atoms. The first-order chi connectivity index (χ1) is 12.6. The third-order valence-electron chi connectivity index (χ3n) is 4.63. The van der Waals surface area contributed by atoms with Crippen molar-refractivity contribution in [3.63, 3.8) is 0 Å². The van der Waals surface area contributed by atoms with Gasteiger partial charge in [0.1, 0.15) is 5.75 Å². The lowest BCUT2D eigenvalue weighted by molar-refractivity contribution is -0.122. The Morgan fingerprint density at radius 1 is 1.23 bits per heavy atom. The Hall–Kier alpha value is -2.47. The van der Waals surface area contributed by atoms with Crippen molar-refractivity contribution < 1.29 is 14.3 Å². The SMILES string of the molecule is C[C@@H]1Oc2ccc(NC(=O)CSc3ccc4c(c3)CCC4)cc2NC1=O. The van der Waals surface area contributed by atoms with Gasteiger partial charge >= 0.3 is 0 Å². The molecule has 6 heteroatoms. The maximum Gasteiger partial charge on any atom is 0.265 e. The Kier molecular flexibility index (Phi) is 4.59. The molecule has 2 aliphatic rings. The lowest BCUT2D eigenvalue weighted by atomic mass is 10.1. The fourth-order valence-corrected chi connectivity index (χ4v) is 4.03. The van der Waals surface area contributed by atoms with Gasteiger partial charge in [-0.25, -0.2) is 0 Å². The maximum absolute atomic E-state index is 12.3. The highest BCUT2D eigenvalue weighted by Gasteiger charge is 2.23. The van der Waals surface area contributed by atoms with Gasteiger partial charge in [0.25, 0.3) is 5.91 Å². The molecule has 0 saturated heterocycles. The van der Waals surface area contributed by atoms with Crippen molar-refractivity contribution in [3.8, 4) is 5.75 Å². The number of anilines is 2. The van der Waals surface area contributed by atoms with E-state index in [1.807, 2.05) is 0 Å². The second-order valence-corrected chi connectivity index (χ2v) is 7.63. The van der Waals surface area contributed by atoms with Gasteiger partial charge in [-0.1, -0.05) is 6.07 Å². The van der Waals surface area contributed by atoms with Gasteiger partial charge in [0.05, 0.1) is 11.4 Å². The monoisotopic (exact) mass is 368 g/mol. The normalized spacial score (nSPS) is 17.7. The molecule has 4 rings (SSSR count). The summed E-state index contributed by atoms with van der Waals surface area (Å²) < 4.78 is 5.52. The molecule has 0 radical (unpaired) electrons. The van der Waals surface area contributed by atoms with Crippen LogP contribution in [0.3, 0.4) is 0 Å². The second kappa shape index (κ2) is 7.03. The average molecular weight is 368 g/mol. The van der Waals surface area contributed by atoms with Gasteiger partial charge in [-0.3, -0.25) is 9.59 Å². The predicted molar refractivity (Wildman–Crippen MR) is 103 cm³/mol. The minimum atomic E-state index is -0.508. The summed E-state index contributed by atoms with van der Waals surface area (Å²) >= 11 is 1.54. The number of ether oxygens (including phenoxy) is 1. The van der Waals surface area contributed by atoms with E-state index in [-0.39, 0.29) is 11.8 Å². The molecule has 2 aromatic carbocycles. The largest absolute Gasteiger partial charge is 0.479 e. The van der Waals surface area contributed by atoms with E-state index in [1.165, 1.54) is 29.3 Å². The molecular weight excluding hydrogens is 348 g/mol. The number of thioether (sulfide) groups is 1. The molecule has 2 N–H and O–H groups in total. The van der Waals surface area contributed by atoms with Crippen LogP contribution in [0.5, 0.6) is 5.75 Å². The Bertz CT molecular complexity index is 881. The first-order valence-electron chi connectivity index (χ1n) is 8.74. The summed E-state index contributed by atoms with van der Waals surface area (Å²) in [5.74, 6) is 0.693. The molecule has 134 valence electrons. The Morgan fingerprint density at radius 3 is 2.96 bits per heavy atom. The molecule has 2 amide bonds. The molecular formula is C20H20N2O3S. The van der Waals surface area contributed by atoms with Crippen molar-refractivity contribution >= 4 is 35.0 Å². The molecule has 1 heterocycles. The van der Waals surface area contributed by atoms with Gasteiger partial charge in [0, 0.05) is 10.6 Å². The van der Waals surface area contributed by atoms with Crippen molar-refractivity contribution in [1.82, 2.24) is 0 Å². The van der Waals surface area contributed by atoms with Gasteiger partial charge in [-0.2, -0.15) is 0 Å². The molecule has 0 spiro atoms. The van der Waals surface area contributed by atoms with Crippen LogP contribution in [0.1, 0.15) is 24.5 Å². The number of carbonyl (C=O) groups is 2. The summed E-state index contributed by atoms with van der Waals surface area (Å²) in [4.78, 5) is 25.1. The third kappa shape index (κ3) is 3.55. The first-order valence-corrected chi connectivity index (χ1v) is 9.73. The molecule has 1 aliphatic heterocycles. The number of benzene rings is 2. The lowest BCUT2D eigenvalue weighted by Crippen LogP contribution is -2.34. The number of aryl methyl sites for hydroxylation is 2. The zero-order valence-electron chi connectivity index (χ0n) is 14.5. The summed E-state index contributed by atoms with van der Waals surface area (Å²) in [6.45, 7) is 1.70. The van der Waals surface area contributed by atoms with Crippen molar-refractivity contribution in [2.24, 2.45) is 0 Å². The Balaban J connectivity index is 1.36. The molecule has 0 saturated carbocycles. The molecule has 2 aromatic rings. The van der Waals surface area contributed by atoms with Crippen LogP contribution in [0.25, 0.3) is 0 Å². The van der Waals surface area contributed by atoms with E-state index in [9.17, 15) is 9.59 Å². The number of hydrogen-bond donors (Lipinski definition) is 2. The molecule has 0 aromatic heterocycles. The highest BCUT2D eigenvalue weighted by molar-refractivity contribution is 8.00. The van der Waals surface area contributed by atoms with Crippen LogP contribution in [0.15, 0.2) is 41.3 Å². The van der Waals surface area contributed by atoms with E-state index in [1.54, 1.807) is 25.1 Å². The number of amides is 2. The van der Waals surface area contributed by atoms with Crippen molar-refractivity contribution in [3.05, 3.63) is 47.5 Å². The van der Waals surface area contributed by atoms with Crippen LogP contribution in [0, 0.1) is 0 Å². The van der Waals surface area contributed by atoms with Crippen molar-refractivity contribution in [2.45, 2.75) is 37.2 Å². The van der Waals surface area contributed by atoms with Crippen LogP contribution in [0.2, 0.25) is 0 Å². The summed E-state index contributed by atoms with van der Waals surface area (Å²) in [6, 6.07) is 11.7. The summed E-state index contributed by atoms with van der Waals surface area (Å²) in [6.07, 6.45) is 3.02. The number of rotatable bonds is 4. The number of hydrogen-bond acceptors (Lipinski definition) is 4. The fourth-order valence-electron chi connectivity index (χ4n) is 3.27. The maximum atomic E-state index is 12.3. The lowest BCUT2D eigenvalue weighted by Gasteiger charge is -2.23. The van der Waals surface area contributed by atoms with Crippen LogP contribution in [-0.4, -0.2) is 23.7 Å². The van der Waals surface area contributed by atoms with E-state index < -0.39 is 6.10 Å². The van der Waals surface area contributed by atoms with E-state index in [4.69, 9.17) is 4.74 Å². The quantitative estimate of drug-likeness (QED) is 0.809. The topological polar surface area (TPSA) is 67.4 Å². The van der Waals surface area contributed by atoms with Gasteiger partial charge in [0.2, 0.25) is 5.91 Å². The Labute approximate surface area is 156 Å². The summed E-state index contributed by atoms with van der Waals surface area (Å²) in [7, 11) is 0. The third-order valence-corrected chi connectivity index (χ3v) is 5.63. The summed E-state index contributed by atoms with van der Waals surface area (Å²) in [5.41, 5.74) is 4.07. The van der Waals surface area contributed by atoms with E-state index in [0.29, 0.717) is 22.9 Å². The standard InChI is InChI=1S/C20H20N2O3S/c1-12-20(24)22-17-10-15(6-8-18(17)25-12)21-19(23)11-26-16-7-5-13-3-2-4-14(13)9-16/h5-10,12H,2-4,11H2,1H3,(H,21,23)(H,22,24)/t12-/m0/s1. The number of fused-ring (bicyclic) bond motifs is 2. The minimum Gasteiger partial charge on any atom is -0.479 e. The van der Waals surface area contributed by atoms with Crippen molar-refractivity contribution in [1.29, 1.82) is 0 Å². The molecule has 1 atom stereocenters. The highest BCUT2D eigenvalue weighted by Crippen LogP contribution is 2.32. The van der Waals surface area contributed by atoms with Gasteiger partial charge in [-0.05, 0) is 67.6 Å². The predicted octanol–water partition coefficient (Wildman–Crippen LogP) is 3.63. The van der Waals surface area contributed by atoms with E-state index in [0.717, 1.165) is 17.7 Å². The summed E-state index contributed by atoms with van der Waals surface area (Å²) in [5, 5.41) is 5.66. The van der Waals surface area contributed by atoms with Crippen LogP contribution < -0.4 is 15.4 Å². The van der Waals surface area contributed by atoms with Gasteiger partial charge < -0.3 is 15.4 Å². The Morgan fingerprint density at radius 2 is 2.08 bits per heavy atom. The van der Waals surface area contributed by atoms with Crippen LogP contribution in [-0.2, 0) is 22.4 Å². The number of nitrogens with one attached hydrogen (secondary N) is 2. The minimum absolute atomic E-state index is 0.0770. The molecule has 5 nitrogen and oxygen atoms in total. The second-order valence-electron chi connectivity index (χ2n) is 6.58. The molecule has 0 unspecified atom stereocenters. The van der Waals surface area contributed by atoms with Crippen LogP contribution >= 0.6 is 11.8 Å². The van der Waals surface area contributed by atoms with Gasteiger partial charge in [0.15, 0.2) is 6.10 Å². The van der Waals surface area contributed by atoms with E-state index in [2.05, 4.69) is 28.8 Å². The number of carbonyl (C=O) groups excluding carboxylic acids is 2. The molecule has 26 heavy (non-hydrogen) atoms. The average Bonchev–Trinajstić information content (AvgIpc) is 3.09. The van der Waals surface area contributed by atoms with E-state index >= 15 is 0 Å². The molecule has 1 aliphatic carbocycles. The van der Waals surface area contributed by atoms with Gasteiger partial charge in [-0.15, -0.1) is 11.8 Å². The fraction of sp³-hybridized carbons (Fsp3) is 0.300. The zero-order chi connectivity index (χ0) is 18.1. The van der Waals surface area contributed by atoms with Crippen molar-refractivity contribution in [2.75, 3.05) is 16.4 Å². The smallest absolute Gasteiger partial charge is 0.265 e. The molecule has 0 fully saturated rings. The van der Waals surface area contributed by atoms with Crippen LogP contribution in [0.4, 0.5) is 11.4 Å².